The number of benzene rings is 1. The van der Waals surface area contributed by atoms with Crippen LogP contribution in [0.4, 0.5) is 4.39 Å². The molecule has 0 amide bonds. The molecule has 2 rings (SSSR count). The minimum atomic E-state index is -3.53. The van der Waals surface area contributed by atoms with Crippen LogP contribution in [0, 0.1) is 11.2 Å². The van der Waals surface area contributed by atoms with Crippen molar-refractivity contribution in [3.63, 3.8) is 0 Å². The fourth-order valence-corrected chi connectivity index (χ4v) is 3.69. The predicted octanol–water partition coefficient (Wildman–Crippen LogP) is 3.19. The number of hydrogen-bond acceptors (Lipinski definition) is 2. The molecule has 0 fully saturated rings. The zero-order chi connectivity index (χ0) is 15.0. The first-order valence-electron chi connectivity index (χ1n) is 6.66. The first-order valence-corrected chi connectivity index (χ1v) is 8.10. The molecule has 3 nitrogen and oxygen atoms in total. The summed E-state index contributed by atoms with van der Waals surface area (Å²) in [6, 6.07) is 4.97. The fraction of sp³-hybridized carbons (Fsp3) is 0.467. The van der Waals surface area contributed by atoms with Crippen molar-refractivity contribution in [2.75, 3.05) is 13.1 Å². The van der Waals surface area contributed by atoms with Gasteiger partial charge in [0.05, 0.1) is 4.90 Å². The van der Waals surface area contributed by atoms with Crippen molar-refractivity contribution in [3.8, 4) is 0 Å². The first-order chi connectivity index (χ1) is 9.21. The van der Waals surface area contributed by atoms with E-state index in [0.717, 1.165) is 6.42 Å². The molecule has 0 radical (unpaired) electrons. The lowest BCUT2D eigenvalue weighted by molar-refractivity contribution is 0.389. The summed E-state index contributed by atoms with van der Waals surface area (Å²) in [4.78, 5) is 0.145. The Morgan fingerprint density at radius 2 is 1.75 bits per heavy atom. The van der Waals surface area contributed by atoms with E-state index >= 15 is 0 Å². The van der Waals surface area contributed by atoms with E-state index in [4.69, 9.17) is 0 Å². The molecule has 5 heteroatoms. The molecule has 0 atom stereocenters. The molecule has 0 saturated carbocycles. The Morgan fingerprint density at radius 1 is 1.15 bits per heavy atom. The highest BCUT2D eigenvalue weighted by Gasteiger charge is 2.28. The van der Waals surface area contributed by atoms with E-state index in [9.17, 15) is 12.8 Å². The van der Waals surface area contributed by atoms with E-state index < -0.39 is 15.8 Å². The van der Waals surface area contributed by atoms with Crippen LogP contribution in [0.25, 0.3) is 0 Å². The average molecular weight is 297 g/mol. The lowest BCUT2D eigenvalue weighted by Gasteiger charge is -2.31. The number of hydrogen-bond donors (Lipinski definition) is 0. The minimum absolute atomic E-state index is 0.0751. The summed E-state index contributed by atoms with van der Waals surface area (Å²) in [5, 5.41) is 0. The third-order valence-electron chi connectivity index (χ3n) is 3.59. The van der Waals surface area contributed by atoms with Gasteiger partial charge in [0.1, 0.15) is 5.82 Å². The third kappa shape index (κ3) is 3.10. The molecule has 0 aromatic heterocycles. The monoisotopic (exact) mass is 297 g/mol. The molecule has 20 heavy (non-hydrogen) atoms. The van der Waals surface area contributed by atoms with Crippen molar-refractivity contribution in [2.24, 2.45) is 5.41 Å². The summed E-state index contributed by atoms with van der Waals surface area (Å²) in [6.45, 7) is 7.24. The van der Waals surface area contributed by atoms with E-state index in [1.807, 2.05) is 6.08 Å². The molecule has 1 heterocycles. The Morgan fingerprint density at radius 3 is 2.20 bits per heavy atom. The fourth-order valence-electron chi connectivity index (χ4n) is 2.31. The van der Waals surface area contributed by atoms with Crippen LogP contribution in [-0.4, -0.2) is 25.8 Å². The van der Waals surface area contributed by atoms with Gasteiger partial charge in [0, 0.05) is 13.1 Å². The number of halogens is 1. The van der Waals surface area contributed by atoms with Crippen LogP contribution in [0.3, 0.4) is 0 Å². The van der Waals surface area contributed by atoms with Gasteiger partial charge in [-0.2, -0.15) is 4.31 Å². The molecule has 0 bridgehead atoms. The van der Waals surface area contributed by atoms with Gasteiger partial charge in [0.15, 0.2) is 0 Å². The van der Waals surface area contributed by atoms with Gasteiger partial charge in [-0.1, -0.05) is 32.4 Å². The van der Waals surface area contributed by atoms with Gasteiger partial charge in [0.2, 0.25) is 10.0 Å². The zero-order valence-electron chi connectivity index (χ0n) is 12.1. The third-order valence-corrected chi connectivity index (χ3v) is 5.47. The number of rotatable bonds is 2. The maximum Gasteiger partial charge on any atom is 0.243 e. The van der Waals surface area contributed by atoms with Gasteiger partial charge in [0.25, 0.3) is 0 Å². The van der Waals surface area contributed by atoms with E-state index in [1.54, 1.807) is 0 Å². The highest BCUT2D eigenvalue weighted by atomic mass is 32.2. The highest BCUT2D eigenvalue weighted by Crippen LogP contribution is 2.31. The quantitative estimate of drug-likeness (QED) is 0.786. The molecule has 1 aromatic carbocycles. The summed E-state index contributed by atoms with van der Waals surface area (Å²) >= 11 is 0. The van der Waals surface area contributed by atoms with Crippen LogP contribution >= 0.6 is 0 Å². The maximum absolute atomic E-state index is 12.9. The molecule has 1 aromatic rings. The topological polar surface area (TPSA) is 37.4 Å². The smallest absolute Gasteiger partial charge is 0.207 e. The van der Waals surface area contributed by atoms with Gasteiger partial charge in [-0.25, -0.2) is 12.8 Å². The van der Waals surface area contributed by atoms with Crippen LogP contribution in [0.2, 0.25) is 0 Å². The second kappa shape index (κ2) is 5.30. The van der Waals surface area contributed by atoms with Crippen molar-refractivity contribution in [1.82, 2.24) is 4.31 Å². The Kier molecular flexibility index (Phi) is 4.02. The Balaban J connectivity index is 2.21. The summed E-state index contributed by atoms with van der Waals surface area (Å²) in [7, 11) is -3.53. The zero-order valence-corrected chi connectivity index (χ0v) is 12.9. The van der Waals surface area contributed by atoms with Crippen LogP contribution in [0.1, 0.15) is 27.2 Å². The van der Waals surface area contributed by atoms with E-state index in [2.05, 4.69) is 20.8 Å². The predicted molar refractivity (Wildman–Crippen MR) is 77.3 cm³/mol. The molecule has 110 valence electrons. The van der Waals surface area contributed by atoms with Crippen molar-refractivity contribution in [3.05, 3.63) is 41.7 Å². The standard InChI is InChI=1S/C15H20FNO2S/c1-15(2,3)12-8-10-17(11-9-12)20(18,19)14-6-4-13(16)5-7-14/h4-8H,9-11H2,1-3H3. The van der Waals surface area contributed by atoms with Gasteiger partial charge in [-0.05, 0) is 36.1 Å². The van der Waals surface area contributed by atoms with Gasteiger partial charge >= 0.3 is 0 Å². The molecule has 1 aliphatic rings. The SMILES string of the molecule is CC(C)(C)C1=CCN(S(=O)(=O)c2ccc(F)cc2)CC1. The minimum Gasteiger partial charge on any atom is -0.207 e. The van der Waals surface area contributed by atoms with Gasteiger partial charge < -0.3 is 0 Å². The van der Waals surface area contributed by atoms with Crippen molar-refractivity contribution >= 4 is 10.0 Å². The molecule has 0 saturated heterocycles. The molecule has 1 aliphatic heterocycles. The molecule has 0 N–H and O–H groups in total. The summed E-state index contributed by atoms with van der Waals surface area (Å²) in [6.07, 6.45) is 2.73. The molecule has 0 unspecified atom stereocenters. The number of sulfonamides is 1. The molecule has 0 spiro atoms. The van der Waals surface area contributed by atoms with Gasteiger partial charge in [-0.15, -0.1) is 0 Å². The average Bonchev–Trinajstić information content (AvgIpc) is 2.38. The second-order valence-electron chi connectivity index (χ2n) is 6.05. The largest absolute Gasteiger partial charge is 0.243 e. The molecular weight excluding hydrogens is 277 g/mol. The highest BCUT2D eigenvalue weighted by molar-refractivity contribution is 7.89. The summed E-state index contributed by atoms with van der Waals surface area (Å²) < 4.78 is 39.2. The van der Waals surface area contributed by atoms with E-state index in [-0.39, 0.29) is 10.3 Å². The number of nitrogens with zero attached hydrogens (tertiary/aromatic N) is 1. The Hall–Kier alpha value is -1.20. The van der Waals surface area contributed by atoms with Crippen molar-refractivity contribution in [2.45, 2.75) is 32.1 Å². The Bertz CT molecular complexity index is 612. The second-order valence-corrected chi connectivity index (χ2v) is 7.98. The lowest BCUT2D eigenvalue weighted by atomic mass is 9.83. The summed E-state index contributed by atoms with van der Waals surface area (Å²) in [5.41, 5.74) is 1.36. The summed E-state index contributed by atoms with van der Waals surface area (Å²) in [5.74, 6) is -0.433. The van der Waals surface area contributed by atoms with E-state index in [1.165, 1.54) is 34.1 Å². The van der Waals surface area contributed by atoms with Gasteiger partial charge in [-0.3, -0.25) is 0 Å². The van der Waals surface area contributed by atoms with Crippen molar-refractivity contribution in [1.29, 1.82) is 0 Å². The maximum atomic E-state index is 12.9. The van der Waals surface area contributed by atoms with E-state index in [0.29, 0.717) is 13.1 Å². The lowest BCUT2D eigenvalue weighted by Crippen LogP contribution is -2.36. The Labute approximate surface area is 120 Å². The molecule has 0 aliphatic carbocycles. The first kappa shape index (κ1) is 15.2. The van der Waals surface area contributed by atoms with Crippen LogP contribution in [0.5, 0.6) is 0 Å². The normalized spacial score (nSPS) is 17.9. The molecular formula is C15H20FNO2S. The van der Waals surface area contributed by atoms with Crippen molar-refractivity contribution < 1.29 is 12.8 Å². The van der Waals surface area contributed by atoms with Crippen LogP contribution in [0.15, 0.2) is 40.8 Å². The van der Waals surface area contributed by atoms with Crippen LogP contribution in [-0.2, 0) is 10.0 Å². The van der Waals surface area contributed by atoms with Crippen LogP contribution < -0.4 is 0 Å².